The lowest BCUT2D eigenvalue weighted by molar-refractivity contribution is -0.125. The molecule has 0 radical (unpaired) electrons. The van der Waals surface area contributed by atoms with Crippen molar-refractivity contribution in [3.8, 4) is 0 Å². The Morgan fingerprint density at radius 3 is 2.67 bits per heavy atom. The summed E-state index contributed by atoms with van der Waals surface area (Å²) in [6.07, 6.45) is -0.741. The van der Waals surface area contributed by atoms with Crippen molar-refractivity contribution in [1.29, 1.82) is 0 Å². The number of carbonyl (C=O) groups is 2. The molecule has 1 atom stereocenters. The van der Waals surface area contributed by atoms with Crippen LogP contribution in [0.4, 0.5) is 5.69 Å². The van der Waals surface area contributed by atoms with Crippen LogP contribution >= 0.6 is 11.3 Å². The Morgan fingerprint density at radius 1 is 1.50 bits per heavy atom. The second-order valence-electron chi connectivity index (χ2n) is 3.56. The summed E-state index contributed by atoms with van der Waals surface area (Å²) in [5, 5.41) is 4.41. The smallest absolute Gasteiger partial charge is 0.350 e. The molecule has 0 fully saturated rings. The molecule has 7 heteroatoms. The monoisotopic (exact) mass is 272 g/mol. The summed E-state index contributed by atoms with van der Waals surface area (Å²) in [4.78, 5) is 23.7. The Morgan fingerprint density at radius 2 is 2.17 bits per heavy atom. The summed E-state index contributed by atoms with van der Waals surface area (Å²) in [7, 11) is 2.69. The maximum atomic E-state index is 11.8. The van der Waals surface area contributed by atoms with Gasteiger partial charge in [0.05, 0.1) is 12.8 Å². The van der Waals surface area contributed by atoms with Gasteiger partial charge in [-0.25, -0.2) is 4.79 Å². The molecule has 3 N–H and O–H groups in total. The lowest BCUT2D eigenvalue weighted by Gasteiger charge is -2.13. The number of carbonyl (C=O) groups excluding carboxylic acids is 2. The quantitative estimate of drug-likeness (QED) is 0.772. The van der Waals surface area contributed by atoms with Crippen LogP contribution in [0.3, 0.4) is 0 Å². The second kappa shape index (κ2) is 6.48. The van der Waals surface area contributed by atoms with Crippen LogP contribution in [0.2, 0.25) is 0 Å². The van der Waals surface area contributed by atoms with Gasteiger partial charge in [-0.3, -0.25) is 4.79 Å². The van der Waals surface area contributed by atoms with Gasteiger partial charge in [0.25, 0.3) is 5.91 Å². The molecule has 0 aliphatic carbocycles. The Labute approximate surface area is 109 Å². The van der Waals surface area contributed by atoms with Crippen molar-refractivity contribution in [2.24, 2.45) is 5.73 Å². The molecule has 0 aromatic carbocycles. The largest absolute Gasteiger partial charge is 0.465 e. The number of methoxy groups -OCH3 is 2. The van der Waals surface area contributed by atoms with Gasteiger partial charge in [0.15, 0.2) is 0 Å². The maximum absolute atomic E-state index is 11.8. The van der Waals surface area contributed by atoms with Gasteiger partial charge in [0.2, 0.25) is 0 Å². The molecule has 0 aliphatic heterocycles. The van der Waals surface area contributed by atoms with Crippen molar-refractivity contribution >= 4 is 28.9 Å². The summed E-state index contributed by atoms with van der Waals surface area (Å²) >= 11 is 1.22. The van der Waals surface area contributed by atoms with Gasteiger partial charge in [0.1, 0.15) is 11.0 Å². The van der Waals surface area contributed by atoms with Crippen molar-refractivity contribution in [2.75, 3.05) is 26.1 Å². The van der Waals surface area contributed by atoms with E-state index in [2.05, 4.69) is 10.1 Å². The third kappa shape index (κ3) is 3.06. The number of nitrogens with one attached hydrogen (secondary N) is 1. The number of ether oxygens (including phenoxy) is 2. The third-order valence-electron chi connectivity index (χ3n) is 2.38. The van der Waals surface area contributed by atoms with E-state index in [1.165, 1.54) is 25.6 Å². The Hall–Kier alpha value is -1.44. The van der Waals surface area contributed by atoms with E-state index in [0.29, 0.717) is 10.6 Å². The van der Waals surface area contributed by atoms with E-state index in [4.69, 9.17) is 10.5 Å². The van der Waals surface area contributed by atoms with Gasteiger partial charge < -0.3 is 20.5 Å². The SMILES string of the molecule is COC(=O)c1scc(C)c1NC(=O)C(CN)OC. The number of nitrogens with two attached hydrogens (primary N) is 1. The van der Waals surface area contributed by atoms with Crippen LogP contribution in [-0.2, 0) is 14.3 Å². The van der Waals surface area contributed by atoms with Crippen molar-refractivity contribution in [3.63, 3.8) is 0 Å². The van der Waals surface area contributed by atoms with Gasteiger partial charge in [0, 0.05) is 13.7 Å². The molecule has 18 heavy (non-hydrogen) atoms. The number of thiophene rings is 1. The summed E-state index contributed by atoms with van der Waals surface area (Å²) in [6.45, 7) is 1.86. The molecule has 1 unspecified atom stereocenters. The van der Waals surface area contributed by atoms with E-state index < -0.39 is 12.1 Å². The molecule has 0 saturated carbocycles. The molecule has 1 aromatic rings. The van der Waals surface area contributed by atoms with Crippen LogP contribution < -0.4 is 11.1 Å². The number of aryl methyl sites for hydroxylation is 1. The summed E-state index contributed by atoms with van der Waals surface area (Å²) < 4.78 is 9.58. The third-order valence-corrected chi connectivity index (χ3v) is 3.46. The lowest BCUT2D eigenvalue weighted by Crippen LogP contribution is -2.36. The van der Waals surface area contributed by atoms with Crippen LogP contribution in [0, 0.1) is 6.92 Å². The maximum Gasteiger partial charge on any atom is 0.350 e. The summed E-state index contributed by atoms with van der Waals surface area (Å²) in [5.41, 5.74) is 6.64. The van der Waals surface area contributed by atoms with Gasteiger partial charge in [-0.05, 0) is 17.9 Å². The first kappa shape index (κ1) is 14.6. The molecule has 0 aliphatic rings. The molecule has 0 bridgehead atoms. The zero-order valence-electron chi connectivity index (χ0n) is 10.5. The fraction of sp³-hybridized carbons (Fsp3) is 0.455. The first-order valence-corrected chi connectivity index (χ1v) is 6.13. The fourth-order valence-corrected chi connectivity index (χ4v) is 2.28. The van der Waals surface area contributed by atoms with Gasteiger partial charge >= 0.3 is 5.97 Å². The van der Waals surface area contributed by atoms with Crippen LogP contribution in [0.1, 0.15) is 15.2 Å². The predicted molar refractivity (Wildman–Crippen MR) is 68.9 cm³/mol. The van der Waals surface area contributed by atoms with Crippen LogP contribution in [0.25, 0.3) is 0 Å². The molecule has 1 amide bonds. The van der Waals surface area contributed by atoms with Crippen LogP contribution in [0.15, 0.2) is 5.38 Å². The first-order chi connectivity index (χ1) is 8.54. The van der Waals surface area contributed by atoms with Crippen molar-refractivity contribution in [2.45, 2.75) is 13.0 Å². The van der Waals surface area contributed by atoms with Gasteiger partial charge in [-0.15, -0.1) is 11.3 Å². The normalized spacial score (nSPS) is 12.0. The zero-order chi connectivity index (χ0) is 13.7. The molecule has 6 nitrogen and oxygen atoms in total. The van der Waals surface area contributed by atoms with Crippen molar-refractivity contribution in [1.82, 2.24) is 0 Å². The fourth-order valence-electron chi connectivity index (χ4n) is 1.36. The highest BCUT2D eigenvalue weighted by atomic mass is 32.1. The number of hydrogen-bond acceptors (Lipinski definition) is 6. The molecule has 0 spiro atoms. The highest BCUT2D eigenvalue weighted by Gasteiger charge is 2.22. The number of anilines is 1. The van der Waals surface area contributed by atoms with Gasteiger partial charge in [-0.2, -0.15) is 0 Å². The average Bonchev–Trinajstić information content (AvgIpc) is 2.72. The lowest BCUT2D eigenvalue weighted by atomic mass is 10.2. The predicted octanol–water partition coefficient (Wildman–Crippen LogP) is 0.755. The standard InChI is InChI=1S/C11H16N2O4S/c1-6-5-18-9(11(15)17-3)8(6)13-10(14)7(4-12)16-2/h5,7H,4,12H2,1-3H3,(H,13,14). The van der Waals surface area contributed by atoms with Crippen molar-refractivity contribution < 1.29 is 19.1 Å². The minimum atomic E-state index is -0.741. The zero-order valence-corrected chi connectivity index (χ0v) is 11.3. The minimum absolute atomic E-state index is 0.0685. The Balaban J connectivity index is 2.93. The van der Waals surface area contributed by atoms with E-state index >= 15 is 0 Å². The number of rotatable bonds is 5. The number of hydrogen-bond donors (Lipinski definition) is 2. The Bertz CT molecular complexity index is 440. The number of esters is 1. The highest BCUT2D eigenvalue weighted by molar-refractivity contribution is 7.12. The van der Waals surface area contributed by atoms with E-state index in [-0.39, 0.29) is 12.5 Å². The first-order valence-electron chi connectivity index (χ1n) is 5.25. The van der Waals surface area contributed by atoms with Crippen LogP contribution in [-0.4, -0.2) is 38.7 Å². The molecular weight excluding hydrogens is 256 g/mol. The molecule has 0 saturated heterocycles. The van der Waals surface area contributed by atoms with Crippen LogP contribution in [0.5, 0.6) is 0 Å². The van der Waals surface area contributed by atoms with E-state index in [0.717, 1.165) is 5.56 Å². The molecule has 1 heterocycles. The molecule has 1 rings (SSSR count). The summed E-state index contributed by atoms with van der Waals surface area (Å²) in [5.74, 6) is -0.864. The highest BCUT2D eigenvalue weighted by Crippen LogP contribution is 2.28. The molecular formula is C11H16N2O4S. The van der Waals surface area contributed by atoms with E-state index in [1.807, 2.05) is 0 Å². The number of amides is 1. The van der Waals surface area contributed by atoms with Gasteiger partial charge in [-0.1, -0.05) is 0 Å². The Kier molecular flexibility index (Phi) is 5.26. The minimum Gasteiger partial charge on any atom is -0.465 e. The molecule has 1 aromatic heterocycles. The summed E-state index contributed by atoms with van der Waals surface area (Å²) in [6, 6.07) is 0. The second-order valence-corrected chi connectivity index (χ2v) is 4.44. The molecule has 100 valence electrons. The van der Waals surface area contributed by atoms with E-state index in [9.17, 15) is 9.59 Å². The van der Waals surface area contributed by atoms with Crippen molar-refractivity contribution in [3.05, 3.63) is 15.8 Å². The topological polar surface area (TPSA) is 90.7 Å². The average molecular weight is 272 g/mol. The van der Waals surface area contributed by atoms with E-state index in [1.54, 1.807) is 12.3 Å².